The van der Waals surface area contributed by atoms with Crippen LogP contribution < -0.4 is 14.9 Å². The number of benzene rings is 2. The monoisotopic (exact) mass is 551 g/mol. The molecule has 2 heterocycles. The van der Waals surface area contributed by atoms with Gasteiger partial charge in [-0.25, -0.2) is 9.79 Å². The SMILES string of the molecule is CCOC(=O)C1=C(C)N=c2s/c(=C/c3cc([N+](=O)[O-])c(Cl)cc3Cl)c(=O)n2[C@@H]1c1ccccc1Cl. The molecule has 4 rings (SSSR count). The molecule has 0 aliphatic carbocycles. The Labute approximate surface area is 217 Å². The number of rotatable bonds is 5. The van der Waals surface area contributed by atoms with Gasteiger partial charge in [-0.2, -0.15) is 0 Å². The van der Waals surface area contributed by atoms with Crippen molar-refractivity contribution in [2.24, 2.45) is 4.99 Å². The molecule has 0 spiro atoms. The Morgan fingerprint density at radius 3 is 2.60 bits per heavy atom. The van der Waals surface area contributed by atoms with Crippen LogP contribution in [0.5, 0.6) is 0 Å². The second-order valence-electron chi connectivity index (χ2n) is 7.41. The molecule has 0 radical (unpaired) electrons. The lowest BCUT2D eigenvalue weighted by atomic mass is 9.96. The fraction of sp³-hybridized carbons (Fsp3) is 0.174. The first kappa shape index (κ1) is 25.1. The molecule has 1 atom stereocenters. The van der Waals surface area contributed by atoms with Crippen molar-refractivity contribution in [3.05, 3.63) is 104 Å². The number of thiazole rings is 1. The van der Waals surface area contributed by atoms with Crippen molar-refractivity contribution in [2.75, 3.05) is 6.61 Å². The molecule has 2 aromatic carbocycles. The summed E-state index contributed by atoms with van der Waals surface area (Å²) in [4.78, 5) is 42.0. The Bertz CT molecular complexity index is 1590. The van der Waals surface area contributed by atoms with E-state index in [1.54, 1.807) is 38.1 Å². The molecule has 3 aromatic rings. The number of nitrogens with zero attached hydrogens (tertiary/aromatic N) is 3. The molecule has 0 bridgehead atoms. The van der Waals surface area contributed by atoms with Gasteiger partial charge in [0.25, 0.3) is 11.2 Å². The Balaban J connectivity index is 1.99. The number of nitro groups is 1. The van der Waals surface area contributed by atoms with Gasteiger partial charge < -0.3 is 4.74 Å². The summed E-state index contributed by atoms with van der Waals surface area (Å²) in [6.45, 7) is 3.48. The topological polar surface area (TPSA) is 104 Å². The maximum Gasteiger partial charge on any atom is 0.338 e. The number of allylic oxidation sites excluding steroid dienone is 1. The smallest absolute Gasteiger partial charge is 0.338 e. The molecule has 1 aliphatic heterocycles. The number of carbonyl (C=O) groups excluding carboxylic acids is 1. The third-order valence-corrected chi connectivity index (χ3v) is 7.22. The van der Waals surface area contributed by atoms with Crippen LogP contribution in [0.25, 0.3) is 6.08 Å². The van der Waals surface area contributed by atoms with Crippen LogP contribution in [0.15, 0.2) is 57.5 Å². The highest BCUT2D eigenvalue weighted by atomic mass is 35.5. The fourth-order valence-corrected chi connectivity index (χ4v) is 5.51. The number of esters is 1. The predicted octanol–water partition coefficient (Wildman–Crippen LogP) is 4.67. The van der Waals surface area contributed by atoms with Crippen LogP contribution in [-0.4, -0.2) is 22.1 Å². The van der Waals surface area contributed by atoms with E-state index >= 15 is 0 Å². The molecule has 180 valence electrons. The van der Waals surface area contributed by atoms with E-state index in [1.807, 2.05) is 0 Å². The number of ether oxygens (including phenoxy) is 1. The summed E-state index contributed by atoms with van der Waals surface area (Å²) < 4.78 is 6.83. The van der Waals surface area contributed by atoms with Crippen molar-refractivity contribution in [1.29, 1.82) is 0 Å². The number of aromatic nitrogens is 1. The van der Waals surface area contributed by atoms with Crippen molar-refractivity contribution < 1.29 is 14.5 Å². The zero-order valence-electron chi connectivity index (χ0n) is 18.3. The average molecular weight is 553 g/mol. The molecule has 0 saturated heterocycles. The molecule has 1 aromatic heterocycles. The van der Waals surface area contributed by atoms with Crippen molar-refractivity contribution >= 4 is 63.9 Å². The van der Waals surface area contributed by atoms with Gasteiger partial charge >= 0.3 is 5.97 Å². The average Bonchev–Trinajstić information content (AvgIpc) is 3.09. The summed E-state index contributed by atoms with van der Waals surface area (Å²) in [7, 11) is 0. The van der Waals surface area contributed by atoms with E-state index in [0.717, 1.165) is 11.3 Å². The van der Waals surface area contributed by atoms with E-state index in [0.29, 0.717) is 21.1 Å². The normalized spacial score (nSPS) is 15.6. The van der Waals surface area contributed by atoms with Gasteiger partial charge in [0.15, 0.2) is 4.80 Å². The third kappa shape index (κ3) is 4.64. The molecule has 1 aliphatic rings. The molecule has 0 N–H and O–H groups in total. The summed E-state index contributed by atoms with van der Waals surface area (Å²) in [6, 6.07) is 8.45. The number of carbonyl (C=O) groups is 1. The van der Waals surface area contributed by atoms with E-state index in [2.05, 4.69) is 4.99 Å². The van der Waals surface area contributed by atoms with E-state index < -0.39 is 22.5 Å². The summed E-state index contributed by atoms with van der Waals surface area (Å²) >= 11 is 19.7. The fourth-order valence-electron chi connectivity index (χ4n) is 3.73. The van der Waals surface area contributed by atoms with E-state index in [9.17, 15) is 19.7 Å². The lowest BCUT2D eigenvalue weighted by Crippen LogP contribution is -2.40. The molecule has 8 nitrogen and oxygen atoms in total. The number of hydrogen-bond donors (Lipinski definition) is 0. The highest BCUT2D eigenvalue weighted by Crippen LogP contribution is 2.35. The van der Waals surface area contributed by atoms with Crippen molar-refractivity contribution in [3.8, 4) is 0 Å². The first-order chi connectivity index (χ1) is 16.6. The quantitative estimate of drug-likeness (QED) is 0.260. The van der Waals surface area contributed by atoms with Crippen molar-refractivity contribution in [1.82, 2.24) is 4.57 Å². The van der Waals surface area contributed by atoms with Gasteiger partial charge in [-0.3, -0.25) is 19.5 Å². The number of fused-ring (bicyclic) bond motifs is 1. The largest absolute Gasteiger partial charge is 0.463 e. The second-order valence-corrected chi connectivity index (χ2v) is 9.64. The molecule has 0 amide bonds. The Kier molecular flexibility index (Phi) is 7.14. The maximum absolute atomic E-state index is 13.6. The Morgan fingerprint density at radius 2 is 1.94 bits per heavy atom. The maximum atomic E-state index is 13.6. The molecular formula is C23H16Cl3N3O5S. The lowest BCUT2D eigenvalue weighted by molar-refractivity contribution is -0.384. The summed E-state index contributed by atoms with van der Waals surface area (Å²) in [5.41, 5.74) is 0.537. The van der Waals surface area contributed by atoms with Gasteiger partial charge in [0.1, 0.15) is 11.1 Å². The molecule has 0 fully saturated rings. The van der Waals surface area contributed by atoms with Crippen LogP contribution in [0.2, 0.25) is 15.1 Å². The zero-order chi connectivity index (χ0) is 25.4. The summed E-state index contributed by atoms with van der Waals surface area (Å²) in [5.74, 6) is -0.607. The van der Waals surface area contributed by atoms with Crippen LogP contribution in [0.3, 0.4) is 0 Å². The minimum absolute atomic E-state index is 0.118. The van der Waals surface area contributed by atoms with Gasteiger partial charge in [-0.15, -0.1) is 0 Å². The zero-order valence-corrected chi connectivity index (χ0v) is 21.3. The lowest BCUT2D eigenvalue weighted by Gasteiger charge is -2.25. The van der Waals surface area contributed by atoms with Crippen molar-refractivity contribution in [2.45, 2.75) is 19.9 Å². The van der Waals surface area contributed by atoms with Crippen LogP contribution in [0.1, 0.15) is 31.0 Å². The van der Waals surface area contributed by atoms with E-state index in [-0.39, 0.29) is 38.0 Å². The summed E-state index contributed by atoms with van der Waals surface area (Å²) in [5, 5.41) is 11.7. The molecule has 0 saturated carbocycles. The minimum atomic E-state index is -0.879. The van der Waals surface area contributed by atoms with Crippen LogP contribution in [0.4, 0.5) is 5.69 Å². The number of nitro benzene ring substituents is 1. The number of halogens is 3. The second kappa shape index (κ2) is 9.94. The Morgan fingerprint density at radius 1 is 1.23 bits per heavy atom. The number of hydrogen-bond acceptors (Lipinski definition) is 7. The third-order valence-electron chi connectivity index (χ3n) is 5.27. The van der Waals surface area contributed by atoms with E-state index in [1.165, 1.54) is 22.8 Å². The molecule has 0 unspecified atom stereocenters. The standard InChI is InChI=1S/C23H16Cl3N3O5S/c1-3-34-22(31)19-11(2)27-23-28(20(19)13-6-4-5-7-14(13)24)21(30)18(35-23)9-12-8-17(29(32)33)16(26)10-15(12)25/h4-10,20H,3H2,1-2H3/b18-9+/t20-/m1/s1. The molecular weight excluding hydrogens is 537 g/mol. The first-order valence-electron chi connectivity index (χ1n) is 10.2. The highest BCUT2D eigenvalue weighted by molar-refractivity contribution is 7.07. The van der Waals surface area contributed by atoms with Gasteiger partial charge in [-0.05, 0) is 37.6 Å². The van der Waals surface area contributed by atoms with Crippen molar-refractivity contribution in [3.63, 3.8) is 0 Å². The summed E-state index contributed by atoms with van der Waals surface area (Å²) in [6.07, 6.45) is 1.43. The molecule has 12 heteroatoms. The van der Waals surface area contributed by atoms with Crippen LogP contribution in [-0.2, 0) is 9.53 Å². The first-order valence-corrected chi connectivity index (χ1v) is 12.2. The minimum Gasteiger partial charge on any atom is -0.463 e. The van der Waals surface area contributed by atoms with Crippen LogP contribution in [0, 0.1) is 10.1 Å². The Hall–Kier alpha value is -2.98. The van der Waals surface area contributed by atoms with Gasteiger partial charge in [0.05, 0.1) is 27.3 Å². The van der Waals surface area contributed by atoms with Gasteiger partial charge in [-0.1, -0.05) is 64.3 Å². The molecule has 35 heavy (non-hydrogen) atoms. The van der Waals surface area contributed by atoms with E-state index in [4.69, 9.17) is 39.5 Å². The predicted molar refractivity (Wildman–Crippen MR) is 135 cm³/mol. The highest BCUT2D eigenvalue weighted by Gasteiger charge is 2.34. The van der Waals surface area contributed by atoms with Crippen LogP contribution >= 0.6 is 46.1 Å². The van der Waals surface area contributed by atoms with Gasteiger partial charge in [0.2, 0.25) is 0 Å². The van der Waals surface area contributed by atoms with Gasteiger partial charge in [0, 0.05) is 21.7 Å².